The Morgan fingerprint density at radius 1 is 1.08 bits per heavy atom. The third kappa shape index (κ3) is 4.04. The van der Waals surface area contributed by atoms with Crippen LogP contribution in [-0.2, 0) is 19.2 Å². The van der Waals surface area contributed by atoms with Crippen LogP contribution in [0.2, 0.25) is 5.02 Å². The molecule has 8 heteroatoms. The topological polar surface area (TPSA) is 86.8 Å². The molecule has 26 heavy (non-hydrogen) atoms. The molecule has 1 aromatic rings. The summed E-state index contributed by atoms with van der Waals surface area (Å²) in [5, 5.41) is 3.31. The van der Waals surface area contributed by atoms with E-state index in [4.69, 9.17) is 11.6 Å². The first kappa shape index (κ1) is 18.4. The van der Waals surface area contributed by atoms with Gasteiger partial charge in [0.2, 0.25) is 23.6 Å². The van der Waals surface area contributed by atoms with Crippen LogP contribution in [0, 0.1) is 5.92 Å². The van der Waals surface area contributed by atoms with Gasteiger partial charge in [-0.1, -0.05) is 11.6 Å². The second-order valence-corrected chi connectivity index (χ2v) is 6.90. The fraction of sp³-hybridized carbons (Fsp3) is 0.444. The number of amides is 4. The smallest absolute Gasteiger partial charge is 0.229 e. The lowest BCUT2D eigenvalue weighted by Crippen LogP contribution is -2.45. The molecule has 1 atom stereocenters. The summed E-state index contributed by atoms with van der Waals surface area (Å²) < 4.78 is 0. The number of carbonyl (C=O) groups is 4. The summed E-state index contributed by atoms with van der Waals surface area (Å²) in [5.74, 6) is -1.20. The van der Waals surface area contributed by atoms with Crippen LogP contribution in [0.25, 0.3) is 0 Å². The van der Waals surface area contributed by atoms with Crippen LogP contribution < -0.4 is 10.2 Å². The molecule has 0 radical (unpaired) electrons. The molecular formula is C18H20ClN3O4. The van der Waals surface area contributed by atoms with Crippen molar-refractivity contribution in [3.8, 4) is 0 Å². The number of likely N-dealkylation sites (tertiary alicyclic amines) is 1. The van der Waals surface area contributed by atoms with Gasteiger partial charge in [-0.2, -0.15) is 0 Å². The number of hydrogen-bond acceptors (Lipinski definition) is 4. The van der Waals surface area contributed by atoms with Gasteiger partial charge in [0, 0.05) is 49.6 Å². The third-order valence-electron chi connectivity index (χ3n) is 4.65. The average Bonchev–Trinajstić information content (AvgIpc) is 3.00. The van der Waals surface area contributed by atoms with Crippen molar-refractivity contribution < 1.29 is 19.2 Å². The Bertz CT molecular complexity index is 718. The maximum absolute atomic E-state index is 12.3. The minimum atomic E-state index is -0.453. The average molecular weight is 378 g/mol. The Labute approximate surface area is 156 Å². The fourth-order valence-corrected chi connectivity index (χ4v) is 3.36. The second-order valence-electron chi connectivity index (χ2n) is 6.47. The van der Waals surface area contributed by atoms with E-state index in [0.717, 1.165) is 0 Å². The van der Waals surface area contributed by atoms with Crippen molar-refractivity contribution in [3.05, 3.63) is 29.3 Å². The van der Waals surface area contributed by atoms with Crippen molar-refractivity contribution in [3.63, 3.8) is 0 Å². The number of anilines is 1. The van der Waals surface area contributed by atoms with Crippen LogP contribution in [0.3, 0.4) is 0 Å². The molecule has 3 rings (SSSR count). The van der Waals surface area contributed by atoms with Crippen molar-refractivity contribution in [2.45, 2.75) is 25.7 Å². The number of rotatable bonds is 5. The van der Waals surface area contributed by atoms with Crippen LogP contribution in [0.4, 0.5) is 5.69 Å². The zero-order valence-corrected chi connectivity index (χ0v) is 15.0. The molecule has 2 saturated heterocycles. The molecule has 0 spiro atoms. The van der Waals surface area contributed by atoms with Crippen molar-refractivity contribution in [2.75, 3.05) is 24.5 Å². The predicted molar refractivity (Wildman–Crippen MR) is 95.5 cm³/mol. The largest absolute Gasteiger partial charge is 0.354 e. The molecule has 2 heterocycles. The highest BCUT2D eigenvalue weighted by Crippen LogP contribution is 2.26. The van der Waals surface area contributed by atoms with Crippen LogP contribution in [0.15, 0.2) is 24.3 Å². The summed E-state index contributed by atoms with van der Waals surface area (Å²) >= 11 is 5.86. The molecule has 0 unspecified atom stereocenters. The third-order valence-corrected chi connectivity index (χ3v) is 4.90. The first-order valence-corrected chi connectivity index (χ1v) is 9.00. The van der Waals surface area contributed by atoms with E-state index >= 15 is 0 Å². The van der Waals surface area contributed by atoms with Gasteiger partial charge in [0.1, 0.15) is 0 Å². The van der Waals surface area contributed by atoms with Crippen molar-refractivity contribution in [1.82, 2.24) is 10.2 Å². The monoisotopic (exact) mass is 377 g/mol. The van der Waals surface area contributed by atoms with Crippen molar-refractivity contribution >= 4 is 40.9 Å². The number of nitrogens with zero attached hydrogens (tertiary/aromatic N) is 2. The van der Waals surface area contributed by atoms with Gasteiger partial charge < -0.3 is 10.2 Å². The standard InChI is InChI=1S/C18H20ClN3O4/c19-13-4-6-14(7-5-13)22-11-12(10-17(22)25)18(26)20-8-9-21-15(23)2-1-3-16(21)24/h4-7,12H,1-3,8-11H2,(H,20,26)/t12-/m0/s1. The molecule has 1 N–H and O–H groups in total. The van der Waals surface area contributed by atoms with Gasteiger partial charge in [0.25, 0.3) is 0 Å². The Kier molecular flexibility index (Phi) is 5.56. The van der Waals surface area contributed by atoms with Gasteiger partial charge in [-0.25, -0.2) is 0 Å². The van der Waals surface area contributed by atoms with E-state index in [1.807, 2.05) is 0 Å². The molecule has 0 saturated carbocycles. The normalized spacial score (nSPS) is 20.7. The maximum Gasteiger partial charge on any atom is 0.229 e. The molecular weight excluding hydrogens is 358 g/mol. The van der Waals surface area contributed by atoms with E-state index < -0.39 is 5.92 Å². The highest BCUT2D eigenvalue weighted by Gasteiger charge is 2.35. The lowest BCUT2D eigenvalue weighted by atomic mass is 10.1. The van der Waals surface area contributed by atoms with Gasteiger partial charge in [-0.3, -0.25) is 24.1 Å². The Hall–Kier alpha value is -2.41. The van der Waals surface area contributed by atoms with Crippen LogP contribution in [-0.4, -0.2) is 48.2 Å². The van der Waals surface area contributed by atoms with Crippen LogP contribution >= 0.6 is 11.6 Å². The highest BCUT2D eigenvalue weighted by atomic mass is 35.5. The molecule has 4 amide bonds. The van der Waals surface area contributed by atoms with Gasteiger partial charge >= 0.3 is 0 Å². The summed E-state index contributed by atoms with van der Waals surface area (Å²) in [4.78, 5) is 50.8. The summed E-state index contributed by atoms with van der Waals surface area (Å²) in [6.07, 6.45) is 1.46. The minimum absolute atomic E-state index is 0.117. The van der Waals surface area contributed by atoms with Gasteiger partial charge in [-0.05, 0) is 30.7 Å². The van der Waals surface area contributed by atoms with E-state index in [2.05, 4.69) is 5.32 Å². The number of piperidine rings is 1. The Morgan fingerprint density at radius 3 is 2.38 bits per heavy atom. The molecule has 0 aromatic heterocycles. The maximum atomic E-state index is 12.3. The van der Waals surface area contributed by atoms with E-state index in [-0.39, 0.29) is 43.1 Å². The van der Waals surface area contributed by atoms with Gasteiger partial charge in [0.15, 0.2) is 0 Å². The number of benzene rings is 1. The summed E-state index contributed by atoms with van der Waals surface area (Å²) in [7, 11) is 0. The van der Waals surface area contributed by atoms with Crippen LogP contribution in [0.1, 0.15) is 25.7 Å². The number of nitrogens with one attached hydrogen (secondary N) is 1. The first-order valence-electron chi connectivity index (χ1n) is 8.62. The molecule has 1 aromatic carbocycles. The predicted octanol–water partition coefficient (Wildman–Crippen LogP) is 1.35. The van der Waals surface area contributed by atoms with E-state index in [0.29, 0.717) is 36.5 Å². The fourth-order valence-electron chi connectivity index (χ4n) is 3.24. The van der Waals surface area contributed by atoms with Crippen LogP contribution in [0.5, 0.6) is 0 Å². The molecule has 0 aliphatic carbocycles. The number of hydrogen-bond donors (Lipinski definition) is 1. The first-order chi connectivity index (χ1) is 12.5. The lowest BCUT2D eigenvalue weighted by molar-refractivity contribution is -0.148. The zero-order chi connectivity index (χ0) is 18.7. The van der Waals surface area contributed by atoms with E-state index in [1.54, 1.807) is 29.2 Å². The molecule has 138 valence electrons. The molecule has 7 nitrogen and oxygen atoms in total. The van der Waals surface area contributed by atoms with Crippen molar-refractivity contribution in [2.24, 2.45) is 5.92 Å². The molecule has 0 bridgehead atoms. The Balaban J connectivity index is 1.51. The summed E-state index contributed by atoms with van der Waals surface area (Å²) in [6, 6.07) is 6.89. The van der Waals surface area contributed by atoms with E-state index in [1.165, 1.54) is 4.90 Å². The minimum Gasteiger partial charge on any atom is -0.354 e. The van der Waals surface area contributed by atoms with Crippen molar-refractivity contribution in [1.29, 1.82) is 0 Å². The SMILES string of the molecule is O=C(NCCN1C(=O)CCCC1=O)[C@H]1CC(=O)N(c2ccc(Cl)cc2)C1. The lowest BCUT2D eigenvalue weighted by Gasteiger charge is -2.25. The quantitative estimate of drug-likeness (QED) is 0.785. The number of halogens is 1. The number of imide groups is 1. The summed E-state index contributed by atoms with van der Waals surface area (Å²) in [6.45, 7) is 0.667. The Morgan fingerprint density at radius 2 is 1.73 bits per heavy atom. The highest BCUT2D eigenvalue weighted by molar-refractivity contribution is 6.30. The second kappa shape index (κ2) is 7.86. The molecule has 2 fully saturated rings. The number of carbonyl (C=O) groups excluding carboxylic acids is 4. The van der Waals surface area contributed by atoms with E-state index in [9.17, 15) is 19.2 Å². The zero-order valence-electron chi connectivity index (χ0n) is 14.2. The molecule has 2 aliphatic rings. The van der Waals surface area contributed by atoms with Gasteiger partial charge in [0.05, 0.1) is 5.92 Å². The molecule has 2 aliphatic heterocycles. The summed E-state index contributed by atoms with van der Waals surface area (Å²) in [5.41, 5.74) is 0.708. The van der Waals surface area contributed by atoms with Gasteiger partial charge in [-0.15, -0.1) is 0 Å².